The van der Waals surface area contributed by atoms with Crippen LogP contribution in [0.3, 0.4) is 0 Å². The van der Waals surface area contributed by atoms with E-state index in [1.165, 1.54) is 26.2 Å². The van der Waals surface area contributed by atoms with Gasteiger partial charge in [0.25, 0.3) is 0 Å². The summed E-state index contributed by atoms with van der Waals surface area (Å²) < 4.78 is 16.1. The van der Waals surface area contributed by atoms with Gasteiger partial charge in [-0.15, -0.1) is 0 Å². The highest BCUT2D eigenvalue weighted by molar-refractivity contribution is 5.88. The van der Waals surface area contributed by atoms with Crippen LogP contribution in [0.15, 0.2) is 12.1 Å². The Morgan fingerprint density at radius 3 is 2.23 bits per heavy atom. The van der Waals surface area contributed by atoms with Crippen LogP contribution in [-0.2, 0) is 9.59 Å². The molecular weight excluding hydrogens is 338 g/mol. The molecule has 1 N–H and O–H groups in total. The van der Waals surface area contributed by atoms with Crippen molar-refractivity contribution in [1.29, 1.82) is 0 Å². The third kappa shape index (κ3) is 3.86. The van der Waals surface area contributed by atoms with Crippen molar-refractivity contribution in [3.8, 4) is 17.2 Å². The highest BCUT2D eigenvalue weighted by Crippen LogP contribution is 2.41. The lowest BCUT2D eigenvalue weighted by Crippen LogP contribution is -2.49. The molecule has 1 amide bonds. The summed E-state index contributed by atoms with van der Waals surface area (Å²) in [4.78, 5) is 26.2. The summed E-state index contributed by atoms with van der Waals surface area (Å²) in [6, 6.07) is 2.76. The van der Waals surface area contributed by atoms with E-state index in [0.29, 0.717) is 36.6 Å². The van der Waals surface area contributed by atoms with Crippen LogP contribution in [-0.4, -0.2) is 55.8 Å². The van der Waals surface area contributed by atoms with E-state index < -0.39 is 17.9 Å². The molecule has 1 aromatic rings. The molecule has 144 valence electrons. The molecule has 1 aliphatic heterocycles. The number of piperidine rings is 1. The number of ether oxygens (including phenoxy) is 3. The van der Waals surface area contributed by atoms with Gasteiger partial charge in [-0.25, -0.2) is 4.79 Å². The molecule has 7 nitrogen and oxygen atoms in total. The van der Waals surface area contributed by atoms with E-state index in [-0.39, 0.29) is 5.91 Å². The second-order valence-corrected chi connectivity index (χ2v) is 6.30. The third-order valence-corrected chi connectivity index (χ3v) is 4.87. The summed E-state index contributed by atoms with van der Waals surface area (Å²) in [7, 11) is 4.57. The molecule has 0 radical (unpaired) electrons. The maximum atomic E-state index is 13.1. The van der Waals surface area contributed by atoms with E-state index in [2.05, 4.69) is 0 Å². The van der Waals surface area contributed by atoms with Crippen molar-refractivity contribution in [3.63, 3.8) is 0 Å². The summed E-state index contributed by atoms with van der Waals surface area (Å²) in [5, 5.41) is 9.46. The molecule has 26 heavy (non-hydrogen) atoms. The van der Waals surface area contributed by atoms with Crippen molar-refractivity contribution in [2.24, 2.45) is 0 Å². The summed E-state index contributed by atoms with van der Waals surface area (Å²) in [5.41, 5.74) is 0.724. The smallest absolute Gasteiger partial charge is 0.326 e. The van der Waals surface area contributed by atoms with Gasteiger partial charge in [-0.2, -0.15) is 0 Å². The van der Waals surface area contributed by atoms with Crippen molar-refractivity contribution >= 4 is 11.9 Å². The first-order chi connectivity index (χ1) is 12.5. The summed E-state index contributed by atoms with van der Waals surface area (Å²) >= 11 is 0. The average molecular weight is 365 g/mol. The Kier molecular flexibility index (Phi) is 6.71. The normalized spacial score (nSPS) is 18.2. The molecule has 0 bridgehead atoms. The zero-order chi connectivity index (χ0) is 19.3. The Bertz CT molecular complexity index is 634. The average Bonchev–Trinajstić information content (AvgIpc) is 2.67. The van der Waals surface area contributed by atoms with Gasteiger partial charge in [-0.1, -0.05) is 6.92 Å². The molecule has 0 aromatic heterocycles. The van der Waals surface area contributed by atoms with Crippen LogP contribution >= 0.6 is 0 Å². The monoisotopic (exact) mass is 365 g/mol. The molecule has 0 spiro atoms. The van der Waals surface area contributed by atoms with Crippen LogP contribution in [0.25, 0.3) is 0 Å². The first-order valence-corrected chi connectivity index (χ1v) is 8.81. The fourth-order valence-corrected chi connectivity index (χ4v) is 3.51. The number of amides is 1. The largest absolute Gasteiger partial charge is 0.493 e. The van der Waals surface area contributed by atoms with Crippen molar-refractivity contribution in [2.75, 3.05) is 27.9 Å². The van der Waals surface area contributed by atoms with E-state index in [1.54, 1.807) is 12.1 Å². The Hall–Kier alpha value is -2.44. The summed E-state index contributed by atoms with van der Waals surface area (Å²) in [6.07, 6.45) is 2.68. The minimum absolute atomic E-state index is 0.172. The lowest BCUT2D eigenvalue weighted by molar-refractivity contribution is -0.152. The van der Waals surface area contributed by atoms with Crippen molar-refractivity contribution in [2.45, 2.75) is 44.6 Å². The van der Waals surface area contributed by atoms with Crippen LogP contribution in [0.1, 0.15) is 44.1 Å². The molecular formula is C19H27NO6. The molecule has 7 heteroatoms. The first-order valence-electron chi connectivity index (χ1n) is 8.81. The first kappa shape index (κ1) is 19.9. The van der Waals surface area contributed by atoms with Gasteiger partial charge in [0.15, 0.2) is 11.5 Å². The van der Waals surface area contributed by atoms with Gasteiger partial charge in [-0.05, 0) is 43.4 Å². The fraction of sp³-hybridized carbons (Fsp3) is 0.579. The number of carbonyl (C=O) groups is 2. The van der Waals surface area contributed by atoms with E-state index in [0.717, 1.165) is 18.4 Å². The van der Waals surface area contributed by atoms with E-state index in [9.17, 15) is 14.7 Å². The van der Waals surface area contributed by atoms with Crippen LogP contribution in [0.5, 0.6) is 17.2 Å². The number of hydrogen-bond donors (Lipinski definition) is 1. The standard InChI is InChI=1S/C19H27NO6/c1-5-13(18(21)20-9-7-6-8-14(20)19(22)23)12-10-15(24-2)17(26-4)16(11-12)25-3/h10-11,13-14H,5-9H2,1-4H3,(H,22,23)/t13-,14?/m1/s1. The van der Waals surface area contributed by atoms with Gasteiger partial charge in [0, 0.05) is 6.54 Å². The van der Waals surface area contributed by atoms with E-state index in [1.807, 2.05) is 6.92 Å². The number of likely N-dealkylation sites (tertiary alicyclic amines) is 1. The maximum absolute atomic E-state index is 13.1. The molecule has 1 saturated heterocycles. The Morgan fingerprint density at radius 1 is 1.15 bits per heavy atom. The molecule has 1 aromatic carbocycles. The van der Waals surface area contributed by atoms with Gasteiger partial charge in [0.2, 0.25) is 11.7 Å². The number of nitrogens with zero attached hydrogens (tertiary/aromatic N) is 1. The number of hydrogen-bond acceptors (Lipinski definition) is 5. The van der Waals surface area contributed by atoms with E-state index >= 15 is 0 Å². The number of methoxy groups -OCH3 is 3. The fourth-order valence-electron chi connectivity index (χ4n) is 3.51. The molecule has 1 fully saturated rings. The number of aliphatic carboxylic acids is 1. The van der Waals surface area contributed by atoms with Crippen LogP contribution < -0.4 is 14.2 Å². The Morgan fingerprint density at radius 2 is 1.77 bits per heavy atom. The second-order valence-electron chi connectivity index (χ2n) is 6.30. The van der Waals surface area contributed by atoms with Crippen LogP contribution in [0.4, 0.5) is 0 Å². The topological polar surface area (TPSA) is 85.3 Å². The molecule has 0 saturated carbocycles. The van der Waals surface area contributed by atoms with Crippen LogP contribution in [0.2, 0.25) is 0 Å². The highest BCUT2D eigenvalue weighted by Gasteiger charge is 2.36. The second kappa shape index (κ2) is 8.78. The summed E-state index contributed by atoms with van der Waals surface area (Å²) in [6.45, 7) is 2.38. The van der Waals surface area contributed by atoms with E-state index in [4.69, 9.17) is 14.2 Å². The van der Waals surface area contributed by atoms with Crippen molar-refractivity contribution < 1.29 is 28.9 Å². The lowest BCUT2D eigenvalue weighted by Gasteiger charge is -2.35. The maximum Gasteiger partial charge on any atom is 0.326 e. The van der Waals surface area contributed by atoms with Crippen molar-refractivity contribution in [1.82, 2.24) is 4.90 Å². The molecule has 1 unspecified atom stereocenters. The molecule has 2 atom stereocenters. The minimum Gasteiger partial charge on any atom is -0.493 e. The Labute approximate surface area is 153 Å². The van der Waals surface area contributed by atoms with Gasteiger partial charge in [0.1, 0.15) is 6.04 Å². The third-order valence-electron chi connectivity index (χ3n) is 4.87. The number of benzene rings is 1. The predicted octanol–water partition coefficient (Wildman–Crippen LogP) is 2.67. The zero-order valence-corrected chi connectivity index (χ0v) is 15.8. The SMILES string of the molecule is CC[C@@H](C(=O)N1CCCCC1C(=O)O)c1cc(OC)c(OC)c(OC)c1. The van der Waals surface area contributed by atoms with Crippen LogP contribution in [0, 0.1) is 0 Å². The quantitative estimate of drug-likeness (QED) is 0.800. The molecule has 1 heterocycles. The molecule has 2 rings (SSSR count). The van der Waals surface area contributed by atoms with Gasteiger partial charge in [0.05, 0.1) is 27.2 Å². The van der Waals surface area contributed by atoms with Gasteiger partial charge >= 0.3 is 5.97 Å². The highest BCUT2D eigenvalue weighted by atomic mass is 16.5. The van der Waals surface area contributed by atoms with Gasteiger partial charge in [-0.3, -0.25) is 4.79 Å². The predicted molar refractivity (Wildman–Crippen MR) is 96.1 cm³/mol. The summed E-state index contributed by atoms with van der Waals surface area (Å²) in [5.74, 6) is -0.180. The Balaban J connectivity index is 2.40. The number of carbonyl (C=O) groups excluding carboxylic acids is 1. The zero-order valence-electron chi connectivity index (χ0n) is 15.8. The number of rotatable bonds is 7. The lowest BCUT2D eigenvalue weighted by atomic mass is 9.91. The molecule has 0 aliphatic carbocycles. The number of carboxylic acids is 1. The van der Waals surface area contributed by atoms with Gasteiger partial charge < -0.3 is 24.2 Å². The number of carboxylic acid groups (broad SMARTS) is 1. The van der Waals surface area contributed by atoms with Crippen molar-refractivity contribution in [3.05, 3.63) is 17.7 Å². The minimum atomic E-state index is -0.946. The molecule has 1 aliphatic rings.